The predicted octanol–water partition coefficient (Wildman–Crippen LogP) is 4.88. The molecule has 1 aromatic heterocycles. The zero-order chi connectivity index (χ0) is 23.5. The number of amides is 1. The van der Waals surface area contributed by atoms with Gasteiger partial charge in [0.05, 0.1) is 12.6 Å². The average molecular weight is 476 g/mol. The number of benzene rings is 3. The molecule has 2 N–H and O–H groups in total. The van der Waals surface area contributed by atoms with Crippen LogP contribution in [0.25, 0.3) is 11.4 Å². The molecule has 1 aliphatic rings. The molecule has 5 rings (SSSR count). The van der Waals surface area contributed by atoms with Crippen molar-refractivity contribution in [3.63, 3.8) is 0 Å². The molecule has 0 fully saturated rings. The van der Waals surface area contributed by atoms with Gasteiger partial charge in [0.15, 0.2) is 5.82 Å². The molecular formula is C25H22FN5O2S. The van der Waals surface area contributed by atoms with Crippen molar-refractivity contribution in [3.8, 4) is 17.1 Å². The minimum Gasteiger partial charge on any atom is -0.494 e. The van der Waals surface area contributed by atoms with Gasteiger partial charge in [-0.15, -0.1) is 10.2 Å². The van der Waals surface area contributed by atoms with Crippen LogP contribution in [0.2, 0.25) is 0 Å². The molecule has 4 aromatic rings. The summed E-state index contributed by atoms with van der Waals surface area (Å²) in [5.74, 6) is 0.838. The third-order valence-electron chi connectivity index (χ3n) is 5.39. The summed E-state index contributed by atoms with van der Waals surface area (Å²) in [6, 6.07) is 22.6. The second-order valence-electron chi connectivity index (χ2n) is 7.65. The molecule has 9 heteroatoms. The van der Waals surface area contributed by atoms with E-state index >= 15 is 0 Å². The number of hydrogen-bond acceptors (Lipinski definition) is 6. The summed E-state index contributed by atoms with van der Waals surface area (Å²) in [4.78, 5) is 13.4. The monoisotopic (exact) mass is 475 g/mol. The lowest BCUT2D eigenvalue weighted by Gasteiger charge is -2.33. The Morgan fingerprint density at radius 3 is 2.50 bits per heavy atom. The molecule has 3 aromatic carbocycles. The van der Waals surface area contributed by atoms with Crippen molar-refractivity contribution in [2.75, 3.05) is 17.3 Å². The number of carbonyl (C=O) groups is 1. The van der Waals surface area contributed by atoms with E-state index in [0.717, 1.165) is 16.9 Å². The van der Waals surface area contributed by atoms with Crippen molar-refractivity contribution in [2.24, 2.45) is 0 Å². The molecule has 0 spiro atoms. The normalized spacial score (nSPS) is 16.9. The number of halogens is 1. The average Bonchev–Trinajstić information content (AvgIpc) is 3.29. The Kier molecular flexibility index (Phi) is 6.18. The Labute approximate surface area is 200 Å². The zero-order valence-corrected chi connectivity index (χ0v) is 19.1. The Bertz CT molecular complexity index is 1280. The van der Waals surface area contributed by atoms with Crippen molar-refractivity contribution < 1.29 is 13.9 Å². The second kappa shape index (κ2) is 9.56. The van der Waals surface area contributed by atoms with Gasteiger partial charge >= 0.3 is 0 Å². The third kappa shape index (κ3) is 4.47. The van der Waals surface area contributed by atoms with Crippen LogP contribution < -0.4 is 15.5 Å². The molecule has 0 saturated carbocycles. The van der Waals surface area contributed by atoms with Crippen LogP contribution in [0.3, 0.4) is 0 Å². The van der Waals surface area contributed by atoms with Gasteiger partial charge in [0.2, 0.25) is 11.1 Å². The largest absolute Gasteiger partial charge is 0.494 e. The highest BCUT2D eigenvalue weighted by atomic mass is 32.2. The fourth-order valence-corrected chi connectivity index (χ4v) is 4.84. The highest BCUT2D eigenvalue weighted by Gasteiger charge is 2.38. The van der Waals surface area contributed by atoms with Gasteiger partial charge in [0.1, 0.15) is 16.8 Å². The van der Waals surface area contributed by atoms with Gasteiger partial charge in [-0.25, -0.2) is 9.07 Å². The van der Waals surface area contributed by atoms with Crippen LogP contribution in [0.5, 0.6) is 5.75 Å². The summed E-state index contributed by atoms with van der Waals surface area (Å²) >= 11 is 1.31. The van der Waals surface area contributed by atoms with E-state index in [1.165, 1.54) is 23.9 Å². The number of nitrogens with one attached hydrogen (secondary N) is 2. The number of rotatable bonds is 6. The highest BCUT2D eigenvalue weighted by Crippen LogP contribution is 2.39. The van der Waals surface area contributed by atoms with E-state index in [2.05, 4.69) is 20.9 Å². The summed E-state index contributed by atoms with van der Waals surface area (Å²) in [5, 5.41) is 11.6. The summed E-state index contributed by atoms with van der Waals surface area (Å²) in [7, 11) is 0. The molecule has 172 valence electrons. The van der Waals surface area contributed by atoms with E-state index < -0.39 is 11.3 Å². The molecular weight excluding hydrogens is 453 g/mol. The summed E-state index contributed by atoms with van der Waals surface area (Å²) in [6.45, 7) is 2.49. The quantitative estimate of drug-likeness (QED) is 0.414. The van der Waals surface area contributed by atoms with Gasteiger partial charge in [-0.3, -0.25) is 4.79 Å². The SMILES string of the molecule is CCOc1ccc(NC(=O)[C@H]2Sc3nnc(-c4ccccc4)n3N[C@@H]2c2ccc(F)cc2)cc1. The molecule has 0 saturated heterocycles. The molecule has 2 atom stereocenters. The van der Waals surface area contributed by atoms with Gasteiger partial charge in [-0.1, -0.05) is 54.2 Å². The van der Waals surface area contributed by atoms with Gasteiger partial charge in [-0.05, 0) is 48.9 Å². The lowest BCUT2D eigenvalue weighted by atomic mass is 10.0. The standard InChI is InChI=1S/C25H22FN5O2S/c1-2-33-20-14-12-19(13-15-20)27-24(32)22-21(16-8-10-18(26)11-9-16)30-31-23(28-29-25(31)34-22)17-6-4-3-5-7-17/h3-15,21-22,30H,2H2,1H3,(H,27,32)/t21-,22+/m1/s1. The van der Waals surface area contributed by atoms with Crippen LogP contribution in [0, 0.1) is 5.82 Å². The smallest absolute Gasteiger partial charge is 0.240 e. The molecule has 1 aliphatic heterocycles. The molecule has 34 heavy (non-hydrogen) atoms. The maximum atomic E-state index is 13.6. The van der Waals surface area contributed by atoms with Crippen molar-refractivity contribution in [2.45, 2.75) is 23.4 Å². The molecule has 1 amide bonds. The van der Waals surface area contributed by atoms with E-state index in [9.17, 15) is 9.18 Å². The van der Waals surface area contributed by atoms with Gasteiger partial charge < -0.3 is 15.5 Å². The predicted molar refractivity (Wildman–Crippen MR) is 130 cm³/mol. The number of ether oxygens (including phenoxy) is 1. The minimum atomic E-state index is -0.572. The molecule has 0 bridgehead atoms. The van der Waals surface area contributed by atoms with Crippen LogP contribution >= 0.6 is 11.8 Å². The van der Waals surface area contributed by atoms with Crippen molar-refractivity contribution >= 4 is 23.4 Å². The summed E-state index contributed by atoms with van der Waals surface area (Å²) in [6.07, 6.45) is 0. The van der Waals surface area contributed by atoms with Gasteiger partial charge in [0.25, 0.3) is 0 Å². The van der Waals surface area contributed by atoms with Crippen LogP contribution in [0.4, 0.5) is 10.1 Å². The molecule has 2 heterocycles. The number of carbonyl (C=O) groups excluding carboxylic acids is 1. The molecule has 0 aliphatic carbocycles. The number of fused-ring (bicyclic) bond motifs is 1. The molecule has 0 radical (unpaired) electrons. The zero-order valence-electron chi connectivity index (χ0n) is 18.3. The maximum absolute atomic E-state index is 13.6. The van der Waals surface area contributed by atoms with Crippen LogP contribution in [0.1, 0.15) is 18.5 Å². The number of nitrogens with zero attached hydrogens (tertiary/aromatic N) is 3. The van der Waals surface area contributed by atoms with Gasteiger partial charge in [0, 0.05) is 11.3 Å². The third-order valence-corrected chi connectivity index (χ3v) is 6.60. The first kappa shape index (κ1) is 22.0. The fraction of sp³-hybridized carbons (Fsp3) is 0.160. The Hall–Kier alpha value is -3.85. The fourth-order valence-electron chi connectivity index (χ4n) is 3.76. The number of thioether (sulfide) groups is 1. The van der Waals surface area contributed by atoms with Crippen LogP contribution in [0.15, 0.2) is 84.0 Å². The lowest BCUT2D eigenvalue weighted by molar-refractivity contribution is -0.116. The van der Waals surface area contributed by atoms with E-state index in [-0.39, 0.29) is 11.7 Å². The second-order valence-corrected chi connectivity index (χ2v) is 8.76. The summed E-state index contributed by atoms with van der Waals surface area (Å²) < 4.78 is 20.9. The first-order valence-electron chi connectivity index (χ1n) is 10.9. The Balaban J connectivity index is 1.46. The van der Waals surface area contributed by atoms with E-state index in [1.807, 2.05) is 49.4 Å². The van der Waals surface area contributed by atoms with E-state index in [1.54, 1.807) is 28.9 Å². The molecule has 0 unspecified atom stereocenters. The maximum Gasteiger partial charge on any atom is 0.240 e. The number of aromatic nitrogens is 3. The number of anilines is 1. The highest BCUT2D eigenvalue weighted by molar-refractivity contribution is 8.00. The van der Waals surface area contributed by atoms with Crippen LogP contribution in [-0.2, 0) is 4.79 Å². The molecule has 7 nitrogen and oxygen atoms in total. The Morgan fingerprint density at radius 1 is 1.06 bits per heavy atom. The Morgan fingerprint density at radius 2 is 1.79 bits per heavy atom. The van der Waals surface area contributed by atoms with E-state index in [0.29, 0.717) is 23.3 Å². The topological polar surface area (TPSA) is 81.1 Å². The minimum absolute atomic E-state index is 0.202. The van der Waals surface area contributed by atoms with Crippen molar-refractivity contribution in [3.05, 3.63) is 90.2 Å². The van der Waals surface area contributed by atoms with Crippen molar-refractivity contribution in [1.29, 1.82) is 0 Å². The van der Waals surface area contributed by atoms with Gasteiger partial charge in [-0.2, -0.15) is 0 Å². The van der Waals surface area contributed by atoms with Crippen molar-refractivity contribution in [1.82, 2.24) is 14.9 Å². The first-order chi connectivity index (χ1) is 16.6. The summed E-state index contributed by atoms with van der Waals surface area (Å²) in [5.41, 5.74) is 5.72. The van der Waals surface area contributed by atoms with Crippen LogP contribution in [-0.4, -0.2) is 32.6 Å². The lowest BCUT2D eigenvalue weighted by Crippen LogP contribution is -2.41. The first-order valence-corrected chi connectivity index (χ1v) is 11.7. The number of hydrogen-bond donors (Lipinski definition) is 2. The van der Waals surface area contributed by atoms with E-state index in [4.69, 9.17) is 4.74 Å².